The molecule has 0 fully saturated rings. The first kappa shape index (κ1) is 8.75. The smallest absolute Gasteiger partial charge is 0.105 e. The van der Waals surface area contributed by atoms with Gasteiger partial charge in [0, 0.05) is 12.7 Å². The Kier molecular flexibility index (Phi) is 2.12. The van der Waals surface area contributed by atoms with E-state index in [2.05, 4.69) is 23.5 Å². The Hall–Kier alpha value is -0.830. The van der Waals surface area contributed by atoms with E-state index in [0.29, 0.717) is 5.92 Å². The van der Waals surface area contributed by atoms with Crippen molar-refractivity contribution in [1.29, 1.82) is 0 Å². The molecule has 0 radical (unpaired) electrons. The summed E-state index contributed by atoms with van der Waals surface area (Å²) in [7, 11) is 2.10. The van der Waals surface area contributed by atoms with E-state index in [0.717, 1.165) is 25.2 Å². The molecule has 72 valence electrons. The third-order valence-electron chi connectivity index (χ3n) is 3.12. The highest BCUT2D eigenvalue weighted by atomic mass is 15.1. The molecule has 1 atom stereocenters. The Morgan fingerprint density at radius 3 is 3.08 bits per heavy atom. The Bertz CT molecular complexity index is 314. The van der Waals surface area contributed by atoms with Crippen molar-refractivity contribution in [3.05, 3.63) is 17.2 Å². The predicted molar refractivity (Wildman–Crippen MR) is 52.5 cm³/mol. The first-order valence-electron chi connectivity index (χ1n) is 4.93. The van der Waals surface area contributed by atoms with Crippen LogP contribution in [0.4, 0.5) is 0 Å². The zero-order valence-electron chi connectivity index (χ0n) is 8.38. The SMILES string of the molecule is Cc1nc2c(n1C)CCC(CN)C2. The van der Waals surface area contributed by atoms with Gasteiger partial charge >= 0.3 is 0 Å². The maximum absolute atomic E-state index is 5.67. The second-order valence-electron chi connectivity index (χ2n) is 3.96. The average Bonchev–Trinajstić information content (AvgIpc) is 2.42. The Morgan fingerprint density at radius 1 is 1.62 bits per heavy atom. The van der Waals surface area contributed by atoms with E-state index in [1.807, 2.05) is 0 Å². The van der Waals surface area contributed by atoms with Gasteiger partial charge in [-0.3, -0.25) is 0 Å². The molecular formula is C10H17N3. The molecule has 2 rings (SSSR count). The van der Waals surface area contributed by atoms with Crippen LogP contribution in [-0.4, -0.2) is 16.1 Å². The van der Waals surface area contributed by atoms with E-state index < -0.39 is 0 Å². The van der Waals surface area contributed by atoms with E-state index in [9.17, 15) is 0 Å². The summed E-state index contributed by atoms with van der Waals surface area (Å²) in [6, 6.07) is 0. The van der Waals surface area contributed by atoms with Gasteiger partial charge in [-0.1, -0.05) is 0 Å². The van der Waals surface area contributed by atoms with E-state index in [1.165, 1.54) is 17.8 Å². The summed E-state index contributed by atoms with van der Waals surface area (Å²) < 4.78 is 2.21. The normalized spacial score (nSPS) is 21.6. The number of fused-ring (bicyclic) bond motifs is 1. The molecule has 1 unspecified atom stereocenters. The number of nitrogens with two attached hydrogens (primary N) is 1. The van der Waals surface area contributed by atoms with Crippen LogP contribution in [0.2, 0.25) is 0 Å². The molecule has 0 aromatic carbocycles. The molecule has 0 aliphatic heterocycles. The van der Waals surface area contributed by atoms with Crippen LogP contribution in [0.15, 0.2) is 0 Å². The molecule has 0 bridgehead atoms. The quantitative estimate of drug-likeness (QED) is 0.692. The summed E-state index contributed by atoms with van der Waals surface area (Å²) in [5.41, 5.74) is 8.37. The minimum absolute atomic E-state index is 0.654. The van der Waals surface area contributed by atoms with Crippen LogP contribution >= 0.6 is 0 Å². The molecule has 0 amide bonds. The number of aromatic nitrogens is 2. The maximum atomic E-state index is 5.67. The highest BCUT2D eigenvalue weighted by Gasteiger charge is 2.21. The number of rotatable bonds is 1. The molecule has 0 spiro atoms. The second kappa shape index (κ2) is 3.14. The van der Waals surface area contributed by atoms with Crippen LogP contribution in [0.25, 0.3) is 0 Å². The van der Waals surface area contributed by atoms with Gasteiger partial charge in [-0.15, -0.1) is 0 Å². The van der Waals surface area contributed by atoms with Gasteiger partial charge in [0.15, 0.2) is 0 Å². The van der Waals surface area contributed by atoms with Crippen molar-refractivity contribution < 1.29 is 0 Å². The molecule has 1 aromatic heterocycles. The van der Waals surface area contributed by atoms with Gasteiger partial charge in [-0.25, -0.2) is 4.98 Å². The second-order valence-corrected chi connectivity index (χ2v) is 3.96. The number of nitrogens with zero attached hydrogens (tertiary/aromatic N) is 2. The summed E-state index contributed by atoms with van der Waals surface area (Å²) in [4.78, 5) is 4.56. The molecule has 13 heavy (non-hydrogen) atoms. The van der Waals surface area contributed by atoms with E-state index >= 15 is 0 Å². The summed E-state index contributed by atoms with van der Waals surface area (Å²) in [6.45, 7) is 2.87. The van der Waals surface area contributed by atoms with Crippen molar-refractivity contribution in [2.24, 2.45) is 18.7 Å². The molecule has 1 heterocycles. The Balaban J connectivity index is 2.31. The van der Waals surface area contributed by atoms with Gasteiger partial charge in [0.05, 0.1) is 5.69 Å². The maximum Gasteiger partial charge on any atom is 0.105 e. The van der Waals surface area contributed by atoms with Crippen LogP contribution in [-0.2, 0) is 19.9 Å². The summed E-state index contributed by atoms with van der Waals surface area (Å²) >= 11 is 0. The van der Waals surface area contributed by atoms with Crippen LogP contribution < -0.4 is 5.73 Å². The number of imidazole rings is 1. The summed E-state index contributed by atoms with van der Waals surface area (Å²) in [6.07, 6.45) is 3.45. The fraction of sp³-hybridized carbons (Fsp3) is 0.700. The van der Waals surface area contributed by atoms with Crippen molar-refractivity contribution in [3.63, 3.8) is 0 Å². The lowest BCUT2D eigenvalue weighted by atomic mass is 9.90. The molecule has 1 aliphatic carbocycles. The minimum Gasteiger partial charge on any atom is -0.335 e. The zero-order valence-corrected chi connectivity index (χ0v) is 8.38. The molecule has 3 nitrogen and oxygen atoms in total. The van der Waals surface area contributed by atoms with E-state index in [4.69, 9.17) is 5.73 Å². The summed E-state index contributed by atoms with van der Waals surface area (Å²) in [5.74, 6) is 1.78. The van der Waals surface area contributed by atoms with Crippen LogP contribution in [0, 0.1) is 12.8 Å². The lowest BCUT2D eigenvalue weighted by Crippen LogP contribution is -2.22. The van der Waals surface area contributed by atoms with Crippen molar-refractivity contribution >= 4 is 0 Å². The first-order valence-corrected chi connectivity index (χ1v) is 4.93. The fourth-order valence-electron chi connectivity index (χ4n) is 2.12. The highest BCUT2D eigenvalue weighted by molar-refractivity contribution is 5.20. The topological polar surface area (TPSA) is 43.8 Å². The van der Waals surface area contributed by atoms with Gasteiger partial charge in [0.25, 0.3) is 0 Å². The third-order valence-corrected chi connectivity index (χ3v) is 3.12. The van der Waals surface area contributed by atoms with Gasteiger partial charge < -0.3 is 10.3 Å². The molecule has 0 saturated carbocycles. The van der Waals surface area contributed by atoms with Crippen molar-refractivity contribution in [1.82, 2.24) is 9.55 Å². The van der Waals surface area contributed by atoms with Crippen LogP contribution in [0.5, 0.6) is 0 Å². The minimum atomic E-state index is 0.654. The lowest BCUT2D eigenvalue weighted by molar-refractivity contribution is 0.455. The number of hydrogen-bond acceptors (Lipinski definition) is 2. The third kappa shape index (κ3) is 1.37. The summed E-state index contributed by atoms with van der Waals surface area (Å²) in [5, 5.41) is 0. The van der Waals surface area contributed by atoms with E-state index in [1.54, 1.807) is 0 Å². The molecular weight excluding hydrogens is 162 g/mol. The molecule has 1 aliphatic rings. The molecule has 3 heteroatoms. The van der Waals surface area contributed by atoms with Gasteiger partial charge in [-0.05, 0) is 38.6 Å². The number of aryl methyl sites for hydroxylation is 1. The Morgan fingerprint density at radius 2 is 2.38 bits per heavy atom. The average molecular weight is 179 g/mol. The van der Waals surface area contributed by atoms with Crippen molar-refractivity contribution in [3.8, 4) is 0 Å². The number of hydrogen-bond donors (Lipinski definition) is 1. The van der Waals surface area contributed by atoms with Crippen LogP contribution in [0.1, 0.15) is 23.6 Å². The van der Waals surface area contributed by atoms with Gasteiger partial charge in [-0.2, -0.15) is 0 Å². The lowest BCUT2D eigenvalue weighted by Gasteiger charge is -2.20. The monoisotopic (exact) mass is 179 g/mol. The molecule has 2 N–H and O–H groups in total. The van der Waals surface area contributed by atoms with Crippen molar-refractivity contribution in [2.45, 2.75) is 26.2 Å². The molecule has 0 saturated heterocycles. The van der Waals surface area contributed by atoms with Crippen molar-refractivity contribution in [2.75, 3.05) is 6.54 Å². The zero-order chi connectivity index (χ0) is 9.42. The first-order chi connectivity index (χ1) is 6.22. The highest BCUT2D eigenvalue weighted by Crippen LogP contribution is 2.24. The standard InChI is InChI=1S/C10H17N3/c1-7-12-9-5-8(6-11)3-4-10(9)13(7)2/h8H,3-6,11H2,1-2H3. The van der Waals surface area contributed by atoms with Gasteiger partial charge in [0.1, 0.15) is 5.82 Å². The fourth-order valence-corrected chi connectivity index (χ4v) is 2.12. The molecule has 1 aromatic rings. The predicted octanol–water partition coefficient (Wildman–Crippen LogP) is 0.792. The van der Waals surface area contributed by atoms with E-state index in [-0.39, 0.29) is 0 Å². The largest absolute Gasteiger partial charge is 0.335 e. The van der Waals surface area contributed by atoms with Crippen LogP contribution in [0.3, 0.4) is 0 Å². The van der Waals surface area contributed by atoms with Gasteiger partial charge in [0.2, 0.25) is 0 Å². The Labute approximate surface area is 79.0 Å².